The van der Waals surface area contributed by atoms with Crippen molar-refractivity contribution >= 4 is 22.6 Å². The Kier molecular flexibility index (Phi) is 2.91. The zero-order valence-corrected chi connectivity index (χ0v) is 9.64. The molecule has 1 aromatic heterocycles. The molecule has 0 spiro atoms. The fraction of sp³-hybridized carbons (Fsp3) is 0.250. The molecule has 2 aromatic rings. The van der Waals surface area contributed by atoms with Crippen LogP contribution in [0.3, 0.4) is 0 Å². The van der Waals surface area contributed by atoms with Gasteiger partial charge in [0.05, 0.1) is 12.6 Å². The second-order valence-corrected chi connectivity index (χ2v) is 3.75. The number of hydrogen-bond donors (Lipinski definition) is 0. The standard InChI is InChI=1S/C12H12N2O3/c1-8-6-9-10(13-16)4-3-5-11(9)14(8)7-12(15)17-2/h3-6H,7H2,1-2H3. The molecule has 0 amide bonds. The van der Waals surface area contributed by atoms with Crippen LogP contribution in [0.1, 0.15) is 5.69 Å². The Hall–Kier alpha value is -2.17. The van der Waals surface area contributed by atoms with E-state index in [1.807, 2.05) is 19.1 Å². The predicted octanol–water partition coefficient (Wildman–Crippen LogP) is 2.52. The molecule has 2 rings (SSSR count). The van der Waals surface area contributed by atoms with Crippen LogP contribution in [0.5, 0.6) is 0 Å². The summed E-state index contributed by atoms with van der Waals surface area (Å²) in [4.78, 5) is 22.0. The maximum absolute atomic E-state index is 11.3. The molecule has 0 aliphatic carbocycles. The first-order valence-corrected chi connectivity index (χ1v) is 5.16. The van der Waals surface area contributed by atoms with Gasteiger partial charge in [-0.25, -0.2) is 0 Å². The first-order valence-electron chi connectivity index (χ1n) is 5.16. The van der Waals surface area contributed by atoms with Gasteiger partial charge in [0.1, 0.15) is 12.2 Å². The van der Waals surface area contributed by atoms with Crippen LogP contribution in [-0.2, 0) is 16.1 Å². The minimum absolute atomic E-state index is 0.133. The Morgan fingerprint density at radius 1 is 1.47 bits per heavy atom. The van der Waals surface area contributed by atoms with E-state index < -0.39 is 0 Å². The fourth-order valence-corrected chi connectivity index (χ4v) is 1.88. The largest absolute Gasteiger partial charge is 0.468 e. The summed E-state index contributed by atoms with van der Waals surface area (Å²) < 4.78 is 6.44. The third-order valence-corrected chi connectivity index (χ3v) is 2.74. The van der Waals surface area contributed by atoms with E-state index in [9.17, 15) is 9.70 Å². The molecule has 0 fully saturated rings. The third kappa shape index (κ3) is 1.91. The first kappa shape index (κ1) is 11.3. The number of benzene rings is 1. The van der Waals surface area contributed by atoms with Crippen LogP contribution in [0.15, 0.2) is 29.4 Å². The number of fused-ring (bicyclic) bond motifs is 1. The van der Waals surface area contributed by atoms with Crippen LogP contribution in [0, 0.1) is 11.8 Å². The smallest absolute Gasteiger partial charge is 0.325 e. The van der Waals surface area contributed by atoms with Gasteiger partial charge in [-0.3, -0.25) is 4.79 Å². The topological polar surface area (TPSA) is 60.7 Å². The highest BCUT2D eigenvalue weighted by atomic mass is 16.5. The summed E-state index contributed by atoms with van der Waals surface area (Å²) in [6, 6.07) is 7.08. The van der Waals surface area contributed by atoms with E-state index >= 15 is 0 Å². The lowest BCUT2D eigenvalue weighted by molar-refractivity contribution is -0.141. The fourth-order valence-electron chi connectivity index (χ4n) is 1.88. The second kappa shape index (κ2) is 4.37. The van der Waals surface area contributed by atoms with Crippen molar-refractivity contribution in [3.8, 4) is 0 Å². The van der Waals surface area contributed by atoms with Crippen LogP contribution >= 0.6 is 0 Å². The van der Waals surface area contributed by atoms with Crippen molar-refractivity contribution in [3.05, 3.63) is 34.9 Å². The zero-order chi connectivity index (χ0) is 12.4. The summed E-state index contributed by atoms with van der Waals surface area (Å²) in [6.07, 6.45) is 0. The van der Waals surface area contributed by atoms with E-state index in [0.29, 0.717) is 5.69 Å². The van der Waals surface area contributed by atoms with Crippen molar-refractivity contribution in [1.82, 2.24) is 4.57 Å². The monoisotopic (exact) mass is 232 g/mol. The highest BCUT2D eigenvalue weighted by Crippen LogP contribution is 2.28. The van der Waals surface area contributed by atoms with Crippen LogP contribution in [-0.4, -0.2) is 17.6 Å². The number of methoxy groups -OCH3 is 1. The molecule has 0 radical (unpaired) electrons. The molecular weight excluding hydrogens is 220 g/mol. The summed E-state index contributed by atoms with van der Waals surface area (Å²) in [5, 5.41) is 3.73. The molecule has 0 aliphatic rings. The number of carbonyl (C=O) groups is 1. The maximum Gasteiger partial charge on any atom is 0.325 e. The van der Waals surface area contributed by atoms with Crippen molar-refractivity contribution in [2.75, 3.05) is 7.11 Å². The van der Waals surface area contributed by atoms with Crippen molar-refractivity contribution in [2.24, 2.45) is 5.18 Å². The van der Waals surface area contributed by atoms with Gasteiger partial charge in [0.15, 0.2) is 0 Å². The molecule has 1 heterocycles. The lowest BCUT2D eigenvalue weighted by atomic mass is 10.2. The average molecular weight is 232 g/mol. The lowest BCUT2D eigenvalue weighted by Crippen LogP contribution is -2.12. The van der Waals surface area contributed by atoms with E-state index in [2.05, 4.69) is 9.91 Å². The molecule has 5 nitrogen and oxygen atoms in total. The minimum atomic E-state index is -0.324. The SMILES string of the molecule is COC(=O)Cn1c(C)cc2c(N=O)cccc21. The van der Waals surface area contributed by atoms with Crippen molar-refractivity contribution in [2.45, 2.75) is 13.5 Å². The summed E-state index contributed by atoms with van der Waals surface area (Å²) in [7, 11) is 1.35. The molecule has 0 saturated carbocycles. The van der Waals surface area contributed by atoms with Gasteiger partial charge in [-0.2, -0.15) is 0 Å². The maximum atomic E-state index is 11.3. The second-order valence-electron chi connectivity index (χ2n) is 3.75. The number of carbonyl (C=O) groups excluding carboxylic acids is 1. The molecular formula is C12H12N2O3. The minimum Gasteiger partial charge on any atom is -0.468 e. The van der Waals surface area contributed by atoms with Gasteiger partial charge in [0.2, 0.25) is 0 Å². The molecule has 88 valence electrons. The quantitative estimate of drug-likeness (QED) is 0.603. The Morgan fingerprint density at radius 2 is 2.24 bits per heavy atom. The Bertz CT molecular complexity index is 587. The number of esters is 1. The lowest BCUT2D eigenvalue weighted by Gasteiger charge is -2.06. The highest BCUT2D eigenvalue weighted by molar-refractivity contribution is 5.92. The van der Waals surface area contributed by atoms with E-state index in [1.54, 1.807) is 16.7 Å². The van der Waals surface area contributed by atoms with Gasteiger partial charge < -0.3 is 9.30 Å². The molecule has 0 atom stereocenters. The number of aromatic nitrogens is 1. The number of nitroso groups, excluding NO2 is 1. The Morgan fingerprint density at radius 3 is 2.88 bits per heavy atom. The first-order chi connectivity index (χ1) is 8.17. The van der Waals surface area contributed by atoms with Crippen molar-refractivity contribution in [1.29, 1.82) is 0 Å². The third-order valence-electron chi connectivity index (χ3n) is 2.74. The van der Waals surface area contributed by atoms with Crippen LogP contribution < -0.4 is 0 Å². The summed E-state index contributed by atoms with van der Waals surface area (Å²) in [5.41, 5.74) is 2.08. The molecule has 5 heteroatoms. The molecule has 0 unspecified atom stereocenters. The summed E-state index contributed by atoms with van der Waals surface area (Å²) >= 11 is 0. The number of ether oxygens (including phenoxy) is 1. The summed E-state index contributed by atoms with van der Waals surface area (Å²) in [6.45, 7) is 2.01. The van der Waals surface area contributed by atoms with Crippen LogP contribution in [0.4, 0.5) is 5.69 Å². The van der Waals surface area contributed by atoms with Crippen LogP contribution in [0.2, 0.25) is 0 Å². The predicted molar refractivity (Wildman–Crippen MR) is 64.1 cm³/mol. The van der Waals surface area contributed by atoms with E-state index in [-0.39, 0.29) is 12.5 Å². The number of aryl methyl sites for hydroxylation is 1. The van der Waals surface area contributed by atoms with Crippen molar-refractivity contribution < 1.29 is 9.53 Å². The molecule has 1 aromatic carbocycles. The van der Waals surface area contributed by atoms with E-state index in [1.165, 1.54) is 7.11 Å². The normalized spacial score (nSPS) is 10.5. The van der Waals surface area contributed by atoms with Gasteiger partial charge in [-0.05, 0) is 30.3 Å². The average Bonchev–Trinajstić information content (AvgIpc) is 2.66. The Labute approximate surface area is 98.0 Å². The van der Waals surface area contributed by atoms with Gasteiger partial charge in [0, 0.05) is 11.1 Å². The van der Waals surface area contributed by atoms with Gasteiger partial charge >= 0.3 is 5.97 Å². The van der Waals surface area contributed by atoms with Gasteiger partial charge in [0.25, 0.3) is 0 Å². The van der Waals surface area contributed by atoms with E-state index in [4.69, 9.17) is 0 Å². The molecule has 17 heavy (non-hydrogen) atoms. The number of hydrogen-bond acceptors (Lipinski definition) is 4. The summed E-state index contributed by atoms with van der Waals surface area (Å²) in [5.74, 6) is -0.324. The number of rotatable bonds is 3. The highest BCUT2D eigenvalue weighted by Gasteiger charge is 2.12. The van der Waals surface area contributed by atoms with Crippen molar-refractivity contribution in [3.63, 3.8) is 0 Å². The molecule has 0 aliphatic heterocycles. The zero-order valence-electron chi connectivity index (χ0n) is 9.64. The molecule has 0 bridgehead atoms. The molecule has 0 saturated heterocycles. The van der Waals surface area contributed by atoms with Crippen LogP contribution in [0.25, 0.3) is 10.9 Å². The van der Waals surface area contributed by atoms with Gasteiger partial charge in [-0.15, -0.1) is 4.91 Å². The Balaban J connectivity index is 2.60. The van der Waals surface area contributed by atoms with E-state index in [0.717, 1.165) is 16.6 Å². The van der Waals surface area contributed by atoms with Gasteiger partial charge in [-0.1, -0.05) is 6.07 Å². The number of nitrogens with zero attached hydrogens (tertiary/aromatic N) is 2. The molecule has 0 N–H and O–H groups in total.